The summed E-state index contributed by atoms with van der Waals surface area (Å²) in [6, 6.07) is 4.11. The molecule has 1 saturated heterocycles. The van der Waals surface area contributed by atoms with Gasteiger partial charge in [0.2, 0.25) is 11.0 Å². The Bertz CT molecular complexity index is 1050. The van der Waals surface area contributed by atoms with Crippen molar-refractivity contribution >= 4 is 31.6 Å². The highest BCUT2D eigenvalue weighted by Crippen LogP contribution is 2.23. The second kappa shape index (κ2) is 8.05. The number of amides is 1. The fraction of sp³-hybridized carbons (Fsp3) is 0.500. The van der Waals surface area contributed by atoms with E-state index in [9.17, 15) is 21.6 Å². The van der Waals surface area contributed by atoms with Gasteiger partial charge >= 0.3 is 0 Å². The predicted octanol–water partition coefficient (Wildman–Crippen LogP) is 1.30. The zero-order chi connectivity index (χ0) is 20.4. The van der Waals surface area contributed by atoms with E-state index in [-0.39, 0.29) is 23.1 Å². The molecular formula is C16H21N3O7S2. The molecule has 0 bridgehead atoms. The second-order valence-electron chi connectivity index (χ2n) is 6.54. The van der Waals surface area contributed by atoms with Gasteiger partial charge in [-0.3, -0.25) is 4.79 Å². The van der Waals surface area contributed by atoms with Gasteiger partial charge in [0.25, 0.3) is 10.0 Å². The molecule has 3 heterocycles. The van der Waals surface area contributed by atoms with Crippen LogP contribution >= 0.6 is 0 Å². The van der Waals surface area contributed by atoms with Crippen molar-refractivity contribution in [3.05, 3.63) is 29.7 Å². The summed E-state index contributed by atoms with van der Waals surface area (Å²) in [6.45, 7) is 2.52. The largest absolute Gasteiger partial charge is 0.447 e. The number of hydrogen-bond donors (Lipinski definition) is 1. The number of sulfone groups is 1. The smallest absolute Gasteiger partial charge is 0.276 e. The first-order chi connectivity index (χ1) is 13.2. The van der Waals surface area contributed by atoms with Gasteiger partial charge in [0.05, 0.1) is 5.75 Å². The number of sulfonamides is 1. The minimum Gasteiger partial charge on any atom is -0.447 e. The maximum absolute atomic E-state index is 12.4. The highest BCUT2D eigenvalue weighted by atomic mass is 32.2. The van der Waals surface area contributed by atoms with E-state index in [1.165, 1.54) is 22.5 Å². The molecule has 154 valence electrons. The van der Waals surface area contributed by atoms with Crippen LogP contribution in [0.25, 0.3) is 0 Å². The standard InChI is InChI=1S/C16H21N3O7S2/c1-12-10-14(18-26-12)17-15(20)6-9-27(21,22)11-13-4-5-16(25-13)28(23,24)19-7-2-3-8-19/h4-5,10H,2-3,6-9,11H2,1H3,(H,17,18,20). The number of rotatable bonds is 8. The molecule has 0 radical (unpaired) electrons. The van der Waals surface area contributed by atoms with Crippen molar-refractivity contribution in [1.82, 2.24) is 9.46 Å². The highest BCUT2D eigenvalue weighted by molar-refractivity contribution is 7.90. The minimum atomic E-state index is -3.74. The van der Waals surface area contributed by atoms with Crippen LogP contribution in [-0.2, 0) is 30.4 Å². The van der Waals surface area contributed by atoms with Crippen LogP contribution in [-0.4, -0.2) is 51.0 Å². The van der Waals surface area contributed by atoms with E-state index < -0.39 is 37.3 Å². The number of anilines is 1. The average Bonchev–Trinajstić information content (AvgIpc) is 3.35. The third-order valence-corrected chi connectivity index (χ3v) is 7.52. The first-order valence-corrected chi connectivity index (χ1v) is 11.9. The summed E-state index contributed by atoms with van der Waals surface area (Å²) in [7, 11) is -7.41. The first-order valence-electron chi connectivity index (χ1n) is 8.68. The number of aromatic nitrogens is 1. The topological polar surface area (TPSA) is 140 Å². The number of furan rings is 1. The van der Waals surface area contributed by atoms with Crippen molar-refractivity contribution in [1.29, 1.82) is 0 Å². The van der Waals surface area contributed by atoms with Crippen molar-refractivity contribution in [2.45, 2.75) is 37.0 Å². The lowest BCUT2D eigenvalue weighted by Gasteiger charge is -2.12. The molecule has 1 amide bonds. The Morgan fingerprint density at radius 3 is 2.57 bits per heavy atom. The fourth-order valence-electron chi connectivity index (χ4n) is 2.80. The van der Waals surface area contributed by atoms with Gasteiger partial charge in [-0.1, -0.05) is 5.16 Å². The molecule has 28 heavy (non-hydrogen) atoms. The molecule has 1 aliphatic rings. The first kappa shape index (κ1) is 20.6. The lowest BCUT2D eigenvalue weighted by Crippen LogP contribution is -2.27. The molecule has 1 N–H and O–H groups in total. The average molecular weight is 431 g/mol. The maximum Gasteiger partial charge on any atom is 0.276 e. The zero-order valence-electron chi connectivity index (χ0n) is 15.3. The van der Waals surface area contributed by atoms with Gasteiger partial charge < -0.3 is 14.3 Å². The Balaban J connectivity index is 1.57. The van der Waals surface area contributed by atoms with E-state index >= 15 is 0 Å². The van der Waals surface area contributed by atoms with Gasteiger partial charge in [0, 0.05) is 25.6 Å². The highest BCUT2D eigenvalue weighted by Gasteiger charge is 2.30. The van der Waals surface area contributed by atoms with E-state index in [4.69, 9.17) is 8.94 Å². The maximum atomic E-state index is 12.4. The van der Waals surface area contributed by atoms with Crippen LogP contribution in [0.5, 0.6) is 0 Å². The van der Waals surface area contributed by atoms with E-state index in [2.05, 4.69) is 10.5 Å². The van der Waals surface area contributed by atoms with Gasteiger partial charge in [-0.25, -0.2) is 16.8 Å². The predicted molar refractivity (Wildman–Crippen MR) is 98.7 cm³/mol. The van der Waals surface area contributed by atoms with Crippen molar-refractivity contribution < 1.29 is 30.6 Å². The van der Waals surface area contributed by atoms with Gasteiger partial charge in [0.15, 0.2) is 15.7 Å². The number of nitrogens with zero attached hydrogens (tertiary/aromatic N) is 2. The summed E-state index contributed by atoms with van der Waals surface area (Å²) in [5.41, 5.74) is 0. The number of carbonyl (C=O) groups is 1. The number of nitrogens with one attached hydrogen (secondary N) is 1. The van der Waals surface area contributed by atoms with Crippen molar-refractivity contribution in [2.75, 3.05) is 24.2 Å². The van der Waals surface area contributed by atoms with E-state index in [1.807, 2.05) is 0 Å². The third kappa shape index (κ3) is 5.00. The molecule has 2 aromatic heterocycles. The molecule has 0 unspecified atom stereocenters. The van der Waals surface area contributed by atoms with Crippen LogP contribution < -0.4 is 5.32 Å². The van der Waals surface area contributed by atoms with Crippen LogP contribution in [0.1, 0.15) is 30.8 Å². The Labute approximate surface area is 162 Å². The molecule has 10 nitrogen and oxygen atoms in total. The van der Waals surface area contributed by atoms with Crippen LogP contribution in [0.4, 0.5) is 5.82 Å². The summed E-state index contributed by atoms with van der Waals surface area (Å²) < 4.78 is 60.7. The van der Waals surface area contributed by atoms with Gasteiger partial charge in [-0.15, -0.1) is 0 Å². The molecular weight excluding hydrogens is 410 g/mol. The van der Waals surface area contributed by atoms with Gasteiger partial charge in [0.1, 0.15) is 17.3 Å². The van der Waals surface area contributed by atoms with Crippen LogP contribution in [0.15, 0.2) is 32.2 Å². The molecule has 0 atom stereocenters. The van der Waals surface area contributed by atoms with Crippen LogP contribution in [0.2, 0.25) is 0 Å². The normalized spacial score (nSPS) is 15.8. The Morgan fingerprint density at radius 1 is 1.21 bits per heavy atom. The molecule has 0 aliphatic carbocycles. The van der Waals surface area contributed by atoms with E-state index in [1.54, 1.807) is 6.92 Å². The molecule has 2 aromatic rings. The molecule has 0 saturated carbocycles. The van der Waals surface area contributed by atoms with Crippen molar-refractivity contribution in [3.63, 3.8) is 0 Å². The molecule has 1 aliphatic heterocycles. The summed E-state index contributed by atoms with van der Waals surface area (Å²) in [4.78, 5) is 11.8. The Kier molecular flexibility index (Phi) is 5.91. The molecule has 12 heteroatoms. The number of carbonyl (C=O) groups excluding carboxylic acids is 1. The fourth-order valence-corrected chi connectivity index (χ4v) is 5.47. The SMILES string of the molecule is Cc1cc(NC(=O)CCS(=O)(=O)Cc2ccc(S(=O)(=O)N3CCCC3)o2)no1. The van der Waals surface area contributed by atoms with E-state index in [0.717, 1.165) is 12.8 Å². The summed E-state index contributed by atoms with van der Waals surface area (Å²) in [5, 5.41) is 5.77. The number of hydrogen-bond acceptors (Lipinski definition) is 8. The van der Waals surface area contributed by atoms with Crippen molar-refractivity contribution in [3.8, 4) is 0 Å². The lowest BCUT2D eigenvalue weighted by atomic mass is 10.4. The van der Waals surface area contributed by atoms with E-state index in [0.29, 0.717) is 18.8 Å². The molecule has 1 fully saturated rings. The lowest BCUT2D eigenvalue weighted by molar-refractivity contribution is -0.115. The summed E-state index contributed by atoms with van der Waals surface area (Å²) in [6.07, 6.45) is 1.31. The molecule has 0 spiro atoms. The summed E-state index contributed by atoms with van der Waals surface area (Å²) >= 11 is 0. The van der Waals surface area contributed by atoms with Crippen LogP contribution in [0, 0.1) is 6.92 Å². The van der Waals surface area contributed by atoms with Crippen LogP contribution in [0.3, 0.4) is 0 Å². The second-order valence-corrected chi connectivity index (χ2v) is 10.6. The molecule has 0 aromatic carbocycles. The minimum absolute atomic E-state index is 0.0188. The third-order valence-electron chi connectivity index (χ3n) is 4.19. The zero-order valence-corrected chi connectivity index (χ0v) is 16.9. The monoisotopic (exact) mass is 431 g/mol. The Hall–Kier alpha value is -2.18. The van der Waals surface area contributed by atoms with Crippen molar-refractivity contribution in [2.24, 2.45) is 0 Å². The van der Waals surface area contributed by atoms with Gasteiger partial charge in [-0.2, -0.15) is 4.31 Å². The summed E-state index contributed by atoms with van der Waals surface area (Å²) in [5.74, 6) is -0.675. The number of aryl methyl sites for hydroxylation is 1. The Morgan fingerprint density at radius 2 is 1.93 bits per heavy atom. The molecule has 3 rings (SSSR count). The van der Waals surface area contributed by atoms with Gasteiger partial charge in [-0.05, 0) is 31.9 Å². The quantitative estimate of drug-likeness (QED) is 0.660.